The van der Waals surface area contributed by atoms with Crippen LogP contribution in [0.1, 0.15) is 65.2 Å². The van der Waals surface area contributed by atoms with E-state index in [0.717, 1.165) is 18.9 Å². The lowest BCUT2D eigenvalue weighted by atomic mass is 9.82. The van der Waals surface area contributed by atoms with Crippen LogP contribution in [0.25, 0.3) is 0 Å². The second-order valence-corrected chi connectivity index (χ2v) is 6.91. The summed E-state index contributed by atoms with van der Waals surface area (Å²) >= 11 is 0. The smallest absolute Gasteiger partial charge is 0.309 e. The van der Waals surface area contributed by atoms with Gasteiger partial charge in [-0.3, -0.25) is 9.59 Å². The van der Waals surface area contributed by atoms with E-state index in [9.17, 15) is 9.59 Å². The van der Waals surface area contributed by atoms with E-state index in [2.05, 4.69) is 13.8 Å². The predicted molar refractivity (Wildman–Crippen MR) is 88.2 cm³/mol. The number of rotatable bonds is 11. The molecular weight excluding hydrogens is 296 g/mol. The third-order valence-corrected chi connectivity index (χ3v) is 4.45. The number of unbranched alkanes of at least 4 members (excludes halogenated alkanes) is 2. The van der Waals surface area contributed by atoms with Crippen LogP contribution in [0.5, 0.6) is 0 Å². The first-order valence-corrected chi connectivity index (χ1v) is 8.98. The molecule has 0 heterocycles. The van der Waals surface area contributed by atoms with E-state index in [0.29, 0.717) is 38.9 Å². The van der Waals surface area contributed by atoms with Crippen molar-refractivity contribution < 1.29 is 24.2 Å². The Morgan fingerprint density at radius 2 is 1.61 bits per heavy atom. The van der Waals surface area contributed by atoms with Gasteiger partial charge in [0.2, 0.25) is 0 Å². The van der Waals surface area contributed by atoms with Crippen LogP contribution in [0.4, 0.5) is 0 Å². The molecule has 0 saturated heterocycles. The summed E-state index contributed by atoms with van der Waals surface area (Å²) in [7, 11) is 0. The Hall–Kier alpha value is -1.10. The van der Waals surface area contributed by atoms with Gasteiger partial charge in [0.1, 0.15) is 6.61 Å². The van der Waals surface area contributed by atoms with Crippen LogP contribution in [0.3, 0.4) is 0 Å². The molecule has 1 aliphatic rings. The summed E-state index contributed by atoms with van der Waals surface area (Å²) in [5.74, 6) is -0.617. The van der Waals surface area contributed by atoms with E-state index in [1.165, 1.54) is 19.3 Å². The lowest BCUT2D eigenvalue weighted by Gasteiger charge is -2.24. The molecule has 1 aliphatic carbocycles. The summed E-state index contributed by atoms with van der Waals surface area (Å²) in [4.78, 5) is 22.8. The topological polar surface area (TPSA) is 72.8 Å². The molecule has 0 spiro atoms. The first-order chi connectivity index (χ1) is 11.0. The number of hydrogen-bond acceptors (Lipinski definition) is 4. The quantitative estimate of drug-likeness (QED) is 0.463. The summed E-state index contributed by atoms with van der Waals surface area (Å²) in [6.45, 7) is 5.93. The average molecular weight is 328 g/mol. The highest BCUT2D eigenvalue weighted by Crippen LogP contribution is 2.29. The number of esters is 1. The summed E-state index contributed by atoms with van der Waals surface area (Å²) in [5, 5.41) is 8.94. The molecule has 1 N–H and O–H groups in total. The molecule has 1 fully saturated rings. The lowest BCUT2D eigenvalue weighted by Crippen LogP contribution is -2.27. The van der Waals surface area contributed by atoms with Crippen LogP contribution in [0, 0.1) is 17.8 Å². The maximum atomic E-state index is 11.9. The predicted octanol–water partition coefficient (Wildman–Crippen LogP) is 3.65. The summed E-state index contributed by atoms with van der Waals surface area (Å²) in [5.41, 5.74) is 0. The number of aliphatic carboxylic acids is 1. The normalized spacial score (nSPS) is 21.3. The van der Waals surface area contributed by atoms with E-state index < -0.39 is 5.97 Å². The highest BCUT2D eigenvalue weighted by atomic mass is 16.6. The fraction of sp³-hybridized carbons (Fsp3) is 0.889. The van der Waals surface area contributed by atoms with Crippen molar-refractivity contribution in [2.45, 2.75) is 65.2 Å². The Balaban J connectivity index is 1.95. The van der Waals surface area contributed by atoms with Gasteiger partial charge in [-0.25, -0.2) is 0 Å². The van der Waals surface area contributed by atoms with E-state index in [1.807, 2.05) is 0 Å². The second-order valence-electron chi connectivity index (χ2n) is 6.91. The highest BCUT2D eigenvalue weighted by Gasteiger charge is 2.30. The van der Waals surface area contributed by atoms with Gasteiger partial charge in [-0.15, -0.1) is 0 Å². The Labute approximate surface area is 139 Å². The molecule has 0 unspecified atom stereocenters. The lowest BCUT2D eigenvalue weighted by molar-refractivity contribution is -0.153. The first-order valence-electron chi connectivity index (χ1n) is 8.98. The number of carbonyl (C=O) groups is 2. The molecule has 134 valence electrons. The van der Waals surface area contributed by atoms with Crippen molar-refractivity contribution in [3.8, 4) is 0 Å². The minimum Gasteiger partial charge on any atom is -0.481 e. The average Bonchev–Trinajstić information content (AvgIpc) is 2.52. The fourth-order valence-corrected chi connectivity index (χ4v) is 2.93. The molecule has 23 heavy (non-hydrogen) atoms. The van der Waals surface area contributed by atoms with Crippen molar-refractivity contribution in [2.24, 2.45) is 17.8 Å². The third kappa shape index (κ3) is 8.94. The fourth-order valence-electron chi connectivity index (χ4n) is 2.93. The Morgan fingerprint density at radius 1 is 0.957 bits per heavy atom. The highest BCUT2D eigenvalue weighted by molar-refractivity contribution is 5.74. The molecule has 0 aromatic carbocycles. The van der Waals surface area contributed by atoms with Crippen LogP contribution in [-0.2, 0) is 19.1 Å². The van der Waals surface area contributed by atoms with Crippen LogP contribution in [0.15, 0.2) is 0 Å². The van der Waals surface area contributed by atoms with Crippen molar-refractivity contribution >= 4 is 11.9 Å². The van der Waals surface area contributed by atoms with Gasteiger partial charge in [0.15, 0.2) is 0 Å². The molecule has 0 aromatic heterocycles. The minimum atomic E-state index is -0.751. The van der Waals surface area contributed by atoms with E-state index >= 15 is 0 Å². The largest absolute Gasteiger partial charge is 0.481 e. The molecule has 1 rings (SSSR count). The number of carbonyl (C=O) groups excluding carboxylic acids is 1. The van der Waals surface area contributed by atoms with E-state index in [-0.39, 0.29) is 17.8 Å². The maximum absolute atomic E-state index is 11.9. The maximum Gasteiger partial charge on any atom is 0.309 e. The van der Waals surface area contributed by atoms with Crippen molar-refractivity contribution in [1.82, 2.24) is 0 Å². The Morgan fingerprint density at radius 3 is 2.22 bits per heavy atom. The molecule has 0 radical (unpaired) electrons. The van der Waals surface area contributed by atoms with E-state index in [4.69, 9.17) is 14.6 Å². The van der Waals surface area contributed by atoms with Crippen molar-refractivity contribution in [1.29, 1.82) is 0 Å². The Bertz CT molecular complexity index is 345. The van der Waals surface area contributed by atoms with Crippen LogP contribution >= 0.6 is 0 Å². The molecule has 0 atom stereocenters. The first kappa shape index (κ1) is 19.9. The van der Waals surface area contributed by atoms with E-state index in [1.54, 1.807) is 0 Å². The molecular formula is C18H32O5. The van der Waals surface area contributed by atoms with Gasteiger partial charge in [0.25, 0.3) is 0 Å². The number of carboxylic acid groups (broad SMARTS) is 1. The molecule has 1 saturated carbocycles. The van der Waals surface area contributed by atoms with Crippen molar-refractivity contribution in [3.05, 3.63) is 0 Å². The van der Waals surface area contributed by atoms with Crippen molar-refractivity contribution in [2.75, 3.05) is 19.8 Å². The third-order valence-electron chi connectivity index (χ3n) is 4.45. The van der Waals surface area contributed by atoms with Gasteiger partial charge in [-0.2, -0.15) is 0 Å². The zero-order valence-corrected chi connectivity index (χ0v) is 14.6. The molecule has 0 bridgehead atoms. The van der Waals surface area contributed by atoms with Crippen molar-refractivity contribution in [3.63, 3.8) is 0 Å². The van der Waals surface area contributed by atoms with Crippen LogP contribution < -0.4 is 0 Å². The van der Waals surface area contributed by atoms with Gasteiger partial charge in [-0.1, -0.05) is 33.1 Å². The van der Waals surface area contributed by atoms with Gasteiger partial charge in [-0.05, 0) is 38.0 Å². The standard InChI is InChI=1S/C18H32O5/c1-14(2)6-4-3-5-11-22-12-13-23-18(21)16-9-7-15(8-10-16)17(19)20/h14-16H,3-13H2,1-2H3,(H,19,20). The van der Waals surface area contributed by atoms with Crippen LogP contribution in [0.2, 0.25) is 0 Å². The number of ether oxygens (including phenoxy) is 2. The molecule has 5 nitrogen and oxygen atoms in total. The van der Waals surface area contributed by atoms with Crippen LogP contribution in [-0.4, -0.2) is 36.9 Å². The Kier molecular flexibility index (Phi) is 9.92. The zero-order chi connectivity index (χ0) is 17.1. The number of hydrogen-bond donors (Lipinski definition) is 1. The van der Waals surface area contributed by atoms with Gasteiger partial charge < -0.3 is 14.6 Å². The van der Waals surface area contributed by atoms with Gasteiger partial charge >= 0.3 is 11.9 Å². The summed E-state index contributed by atoms with van der Waals surface area (Å²) < 4.78 is 10.7. The molecule has 0 aromatic rings. The molecule has 5 heteroatoms. The zero-order valence-electron chi connectivity index (χ0n) is 14.6. The number of carboxylic acids is 1. The second kappa shape index (κ2) is 11.4. The summed E-state index contributed by atoms with van der Waals surface area (Å²) in [6.07, 6.45) is 7.13. The van der Waals surface area contributed by atoms with Gasteiger partial charge in [0, 0.05) is 6.61 Å². The molecule has 0 aliphatic heterocycles. The summed E-state index contributed by atoms with van der Waals surface area (Å²) in [6, 6.07) is 0. The van der Waals surface area contributed by atoms with Gasteiger partial charge in [0.05, 0.1) is 18.4 Å². The minimum absolute atomic E-state index is 0.137. The SMILES string of the molecule is CC(C)CCCCCOCCOC(=O)C1CCC(C(=O)O)CC1. The molecule has 0 amide bonds. The monoisotopic (exact) mass is 328 g/mol.